The van der Waals surface area contributed by atoms with Gasteiger partial charge in [-0.25, -0.2) is 4.98 Å². The molecule has 0 saturated carbocycles. The summed E-state index contributed by atoms with van der Waals surface area (Å²) in [6.07, 6.45) is 3.25. The van der Waals surface area contributed by atoms with Crippen LogP contribution in [-0.4, -0.2) is 27.1 Å². The van der Waals surface area contributed by atoms with E-state index in [4.69, 9.17) is 5.73 Å². The Morgan fingerprint density at radius 1 is 1.55 bits per heavy atom. The van der Waals surface area contributed by atoms with Crippen LogP contribution in [0.3, 0.4) is 0 Å². The van der Waals surface area contributed by atoms with Gasteiger partial charge in [-0.2, -0.15) is 0 Å². The number of hydrogen-bond donors (Lipinski definition) is 3. The zero-order valence-corrected chi connectivity index (χ0v) is 11.3. The van der Waals surface area contributed by atoms with Gasteiger partial charge in [-0.05, 0) is 24.6 Å². The minimum atomic E-state index is -0.253. The largest absolute Gasteiger partial charge is 0.508 e. The molecular weight excluding hydrogens is 256 g/mol. The van der Waals surface area contributed by atoms with E-state index < -0.39 is 0 Å². The lowest BCUT2D eigenvalue weighted by molar-refractivity contribution is 0.0935. The van der Waals surface area contributed by atoms with Crippen molar-refractivity contribution in [2.75, 3.05) is 6.54 Å². The van der Waals surface area contributed by atoms with Crippen molar-refractivity contribution >= 4 is 5.91 Å². The number of amides is 1. The predicted octanol–water partition coefficient (Wildman–Crippen LogP) is 1.04. The number of aromatic nitrogens is 2. The fraction of sp³-hybridized carbons (Fsp3) is 0.286. The number of nitrogens with one attached hydrogen (secondary N) is 1. The quantitative estimate of drug-likeness (QED) is 0.759. The van der Waals surface area contributed by atoms with E-state index in [-0.39, 0.29) is 17.7 Å². The number of hydrogen-bond acceptors (Lipinski definition) is 4. The first-order valence-corrected chi connectivity index (χ1v) is 6.42. The molecule has 4 N–H and O–H groups in total. The van der Waals surface area contributed by atoms with Crippen molar-refractivity contribution in [2.24, 2.45) is 5.73 Å². The molecule has 2 rings (SSSR count). The minimum absolute atomic E-state index is 0.177. The van der Waals surface area contributed by atoms with Crippen LogP contribution in [0.2, 0.25) is 0 Å². The van der Waals surface area contributed by atoms with E-state index in [0.717, 1.165) is 5.56 Å². The summed E-state index contributed by atoms with van der Waals surface area (Å²) in [6, 6.07) is 6.58. The summed E-state index contributed by atoms with van der Waals surface area (Å²) in [5, 5.41) is 12.3. The Morgan fingerprint density at radius 2 is 2.35 bits per heavy atom. The van der Waals surface area contributed by atoms with Crippen LogP contribution in [0.5, 0.6) is 5.75 Å². The molecule has 1 amide bonds. The monoisotopic (exact) mass is 274 g/mol. The van der Waals surface area contributed by atoms with Crippen LogP contribution in [-0.2, 0) is 6.54 Å². The second kappa shape index (κ2) is 6.21. The van der Waals surface area contributed by atoms with Crippen LogP contribution in [0.1, 0.15) is 29.0 Å². The van der Waals surface area contributed by atoms with Crippen molar-refractivity contribution in [3.05, 3.63) is 48.0 Å². The molecule has 0 aliphatic rings. The molecule has 6 nitrogen and oxygen atoms in total. The zero-order chi connectivity index (χ0) is 14.5. The van der Waals surface area contributed by atoms with Crippen molar-refractivity contribution in [3.63, 3.8) is 0 Å². The fourth-order valence-corrected chi connectivity index (χ4v) is 1.90. The van der Waals surface area contributed by atoms with Gasteiger partial charge in [0, 0.05) is 19.3 Å². The highest BCUT2D eigenvalue weighted by Gasteiger charge is 2.14. The first kappa shape index (κ1) is 14.1. The number of carbonyl (C=O) groups excluding carboxylic acids is 1. The average Bonchev–Trinajstić information content (AvgIpc) is 2.88. The Bertz CT molecular complexity index is 594. The van der Waals surface area contributed by atoms with Gasteiger partial charge >= 0.3 is 0 Å². The lowest BCUT2D eigenvalue weighted by Crippen LogP contribution is -2.26. The molecule has 0 bridgehead atoms. The highest BCUT2D eigenvalue weighted by Crippen LogP contribution is 2.18. The second-order valence-electron chi connectivity index (χ2n) is 4.58. The van der Waals surface area contributed by atoms with E-state index >= 15 is 0 Å². The summed E-state index contributed by atoms with van der Waals surface area (Å²) in [5.41, 5.74) is 6.63. The van der Waals surface area contributed by atoms with Crippen LogP contribution < -0.4 is 11.1 Å². The van der Waals surface area contributed by atoms with Gasteiger partial charge in [-0.15, -0.1) is 0 Å². The lowest BCUT2D eigenvalue weighted by atomic mass is 10.1. The van der Waals surface area contributed by atoms with E-state index in [9.17, 15) is 9.90 Å². The van der Waals surface area contributed by atoms with E-state index in [0.29, 0.717) is 18.8 Å². The molecule has 0 aliphatic carbocycles. The van der Waals surface area contributed by atoms with Gasteiger partial charge in [0.1, 0.15) is 11.4 Å². The number of phenolic OH excluding ortho intramolecular Hbond substituents is 1. The van der Waals surface area contributed by atoms with Gasteiger partial charge in [0.2, 0.25) is 0 Å². The normalized spacial score (nSPS) is 12.1. The Morgan fingerprint density at radius 3 is 3.05 bits per heavy atom. The molecule has 1 unspecified atom stereocenters. The number of nitrogens with two attached hydrogens (primary N) is 1. The average molecular weight is 274 g/mol. The van der Waals surface area contributed by atoms with Crippen LogP contribution >= 0.6 is 0 Å². The Balaban J connectivity index is 2.03. The summed E-state index contributed by atoms with van der Waals surface area (Å²) in [6.45, 7) is 2.98. The first-order chi connectivity index (χ1) is 9.60. The SMILES string of the molecule is CC(NC(=O)c1cn(CCN)cn1)c1cccc(O)c1. The molecule has 1 aromatic carbocycles. The topological polar surface area (TPSA) is 93.2 Å². The lowest BCUT2D eigenvalue weighted by Gasteiger charge is -2.13. The number of rotatable bonds is 5. The molecule has 1 aromatic heterocycles. The van der Waals surface area contributed by atoms with Gasteiger partial charge in [-0.1, -0.05) is 12.1 Å². The van der Waals surface area contributed by atoms with E-state index in [1.54, 1.807) is 35.3 Å². The molecule has 0 spiro atoms. The third-order valence-electron chi connectivity index (χ3n) is 2.97. The third kappa shape index (κ3) is 3.36. The Hall–Kier alpha value is -2.34. The predicted molar refractivity (Wildman–Crippen MR) is 75.3 cm³/mol. The maximum Gasteiger partial charge on any atom is 0.271 e. The number of benzene rings is 1. The van der Waals surface area contributed by atoms with Crippen molar-refractivity contribution in [1.82, 2.24) is 14.9 Å². The molecule has 0 fully saturated rings. The van der Waals surface area contributed by atoms with Gasteiger partial charge in [-0.3, -0.25) is 4.79 Å². The van der Waals surface area contributed by atoms with Gasteiger partial charge < -0.3 is 20.7 Å². The fourth-order valence-electron chi connectivity index (χ4n) is 1.90. The third-order valence-corrected chi connectivity index (χ3v) is 2.97. The van der Waals surface area contributed by atoms with Crippen LogP contribution in [0.25, 0.3) is 0 Å². The zero-order valence-electron chi connectivity index (χ0n) is 11.3. The van der Waals surface area contributed by atoms with Crippen LogP contribution in [0.4, 0.5) is 0 Å². The second-order valence-corrected chi connectivity index (χ2v) is 4.58. The number of carbonyl (C=O) groups is 1. The molecule has 6 heteroatoms. The molecule has 1 heterocycles. The highest BCUT2D eigenvalue weighted by atomic mass is 16.3. The van der Waals surface area contributed by atoms with E-state index in [2.05, 4.69) is 10.3 Å². The summed E-state index contributed by atoms with van der Waals surface area (Å²) >= 11 is 0. The van der Waals surface area contributed by atoms with Crippen molar-refractivity contribution < 1.29 is 9.90 Å². The van der Waals surface area contributed by atoms with E-state index in [1.807, 2.05) is 13.0 Å². The summed E-state index contributed by atoms with van der Waals surface area (Å²) in [5.74, 6) is -0.0764. The van der Waals surface area contributed by atoms with Crippen molar-refractivity contribution in [3.8, 4) is 5.75 Å². The molecule has 106 valence electrons. The number of nitrogens with zero attached hydrogens (tertiary/aromatic N) is 2. The van der Waals surface area contributed by atoms with Crippen molar-refractivity contribution in [1.29, 1.82) is 0 Å². The molecule has 0 radical (unpaired) electrons. The molecule has 1 atom stereocenters. The minimum Gasteiger partial charge on any atom is -0.508 e. The summed E-state index contributed by atoms with van der Waals surface area (Å²) in [4.78, 5) is 16.1. The Kier molecular flexibility index (Phi) is 4.37. The molecule has 20 heavy (non-hydrogen) atoms. The molecular formula is C14H18N4O2. The van der Waals surface area contributed by atoms with Crippen LogP contribution in [0.15, 0.2) is 36.8 Å². The first-order valence-electron chi connectivity index (χ1n) is 6.42. The standard InChI is InChI=1S/C14H18N4O2/c1-10(11-3-2-4-12(19)7-11)17-14(20)13-8-18(6-5-15)9-16-13/h2-4,7-10,19H,5-6,15H2,1H3,(H,17,20). The highest BCUT2D eigenvalue weighted by molar-refractivity contribution is 5.92. The number of imidazole rings is 1. The van der Waals surface area contributed by atoms with Crippen molar-refractivity contribution in [2.45, 2.75) is 19.5 Å². The summed E-state index contributed by atoms with van der Waals surface area (Å²) in [7, 11) is 0. The smallest absolute Gasteiger partial charge is 0.271 e. The molecule has 2 aromatic rings. The maximum atomic E-state index is 12.1. The van der Waals surface area contributed by atoms with E-state index in [1.165, 1.54) is 0 Å². The number of aromatic hydroxyl groups is 1. The maximum absolute atomic E-state index is 12.1. The summed E-state index contributed by atoms with van der Waals surface area (Å²) < 4.78 is 1.77. The van der Waals surface area contributed by atoms with Crippen LogP contribution in [0, 0.1) is 0 Å². The molecule has 0 saturated heterocycles. The van der Waals surface area contributed by atoms with Gasteiger partial charge in [0.15, 0.2) is 0 Å². The number of phenols is 1. The molecule has 0 aliphatic heterocycles. The van der Waals surface area contributed by atoms with Gasteiger partial charge in [0.25, 0.3) is 5.91 Å². The van der Waals surface area contributed by atoms with Gasteiger partial charge in [0.05, 0.1) is 12.4 Å². The Labute approximate surface area is 117 Å².